The van der Waals surface area contributed by atoms with Crippen LogP contribution in [0.5, 0.6) is 11.5 Å². The van der Waals surface area contributed by atoms with E-state index in [0.717, 1.165) is 13.0 Å². The first-order chi connectivity index (χ1) is 10.1. The van der Waals surface area contributed by atoms with E-state index in [1.807, 2.05) is 13.8 Å². The molecule has 0 saturated heterocycles. The summed E-state index contributed by atoms with van der Waals surface area (Å²) in [7, 11) is 0. The van der Waals surface area contributed by atoms with Crippen molar-refractivity contribution in [2.75, 3.05) is 6.54 Å². The van der Waals surface area contributed by atoms with Crippen LogP contribution in [0.1, 0.15) is 31.9 Å². The van der Waals surface area contributed by atoms with E-state index >= 15 is 0 Å². The summed E-state index contributed by atoms with van der Waals surface area (Å²) in [6.07, 6.45) is 0.947. The van der Waals surface area contributed by atoms with Crippen LogP contribution in [0.15, 0.2) is 42.5 Å². The molecule has 0 fully saturated rings. The number of rotatable bonds is 6. The van der Waals surface area contributed by atoms with Gasteiger partial charge in [-0.1, -0.05) is 25.1 Å². The van der Waals surface area contributed by atoms with Crippen molar-refractivity contribution < 1.29 is 13.5 Å². The number of nitrogens with one attached hydrogen (secondary N) is 1. The summed E-state index contributed by atoms with van der Waals surface area (Å²) < 4.78 is 33.4. The lowest BCUT2D eigenvalue weighted by molar-refractivity contribution is 0.420. The van der Waals surface area contributed by atoms with Gasteiger partial charge in [0.1, 0.15) is 11.6 Å². The fourth-order valence-corrected chi connectivity index (χ4v) is 2.14. The number of para-hydroxylation sites is 1. The van der Waals surface area contributed by atoms with Crippen molar-refractivity contribution in [2.45, 2.75) is 26.3 Å². The summed E-state index contributed by atoms with van der Waals surface area (Å²) in [6, 6.07) is 10.5. The normalized spacial score (nSPS) is 12.2. The van der Waals surface area contributed by atoms with E-state index in [4.69, 9.17) is 4.74 Å². The van der Waals surface area contributed by atoms with Crippen molar-refractivity contribution in [3.8, 4) is 11.5 Å². The smallest absolute Gasteiger partial charge is 0.165 e. The van der Waals surface area contributed by atoms with Gasteiger partial charge < -0.3 is 10.1 Å². The molecule has 0 bridgehead atoms. The SMILES string of the molecule is CCCNC(C)c1c(F)cccc1Oc1ccccc1F. The number of hydrogen-bond donors (Lipinski definition) is 1. The lowest BCUT2D eigenvalue weighted by Crippen LogP contribution is -2.20. The Bertz CT molecular complexity index is 601. The number of hydrogen-bond acceptors (Lipinski definition) is 2. The molecule has 2 rings (SSSR count). The third-order valence-electron chi connectivity index (χ3n) is 3.20. The average Bonchev–Trinajstić information content (AvgIpc) is 2.47. The minimum Gasteiger partial charge on any atom is -0.454 e. The molecular weight excluding hydrogens is 272 g/mol. The lowest BCUT2D eigenvalue weighted by atomic mass is 10.1. The Morgan fingerprint density at radius 3 is 2.38 bits per heavy atom. The molecule has 0 radical (unpaired) electrons. The van der Waals surface area contributed by atoms with E-state index in [1.54, 1.807) is 24.3 Å². The molecule has 0 aliphatic carbocycles. The van der Waals surface area contributed by atoms with Gasteiger partial charge in [0.05, 0.1) is 0 Å². The first-order valence-corrected chi connectivity index (χ1v) is 7.07. The Hall–Kier alpha value is -1.94. The summed E-state index contributed by atoms with van der Waals surface area (Å²) in [5, 5.41) is 3.22. The van der Waals surface area contributed by atoms with Gasteiger partial charge in [-0.2, -0.15) is 0 Å². The van der Waals surface area contributed by atoms with E-state index in [9.17, 15) is 8.78 Å². The van der Waals surface area contributed by atoms with E-state index in [-0.39, 0.29) is 17.6 Å². The quantitative estimate of drug-likeness (QED) is 0.824. The van der Waals surface area contributed by atoms with Gasteiger partial charge >= 0.3 is 0 Å². The largest absolute Gasteiger partial charge is 0.454 e. The van der Waals surface area contributed by atoms with Crippen molar-refractivity contribution in [1.29, 1.82) is 0 Å². The van der Waals surface area contributed by atoms with Gasteiger partial charge in [0, 0.05) is 11.6 Å². The molecule has 0 heterocycles. The highest BCUT2D eigenvalue weighted by Gasteiger charge is 2.17. The lowest BCUT2D eigenvalue weighted by Gasteiger charge is -2.19. The minimum atomic E-state index is -0.470. The van der Waals surface area contributed by atoms with Crippen molar-refractivity contribution in [1.82, 2.24) is 5.32 Å². The molecule has 21 heavy (non-hydrogen) atoms. The summed E-state index contributed by atoms with van der Waals surface area (Å²) in [5.41, 5.74) is 0.411. The third-order valence-corrected chi connectivity index (χ3v) is 3.20. The van der Waals surface area contributed by atoms with Gasteiger partial charge in [0.2, 0.25) is 0 Å². The zero-order valence-corrected chi connectivity index (χ0v) is 12.2. The average molecular weight is 291 g/mol. The van der Waals surface area contributed by atoms with Gasteiger partial charge in [-0.05, 0) is 44.2 Å². The third kappa shape index (κ3) is 3.79. The second-order valence-corrected chi connectivity index (χ2v) is 4.86. The Balaban J connectivity index is 2.31. The van der Waals surface area contributed by atoms with E-state index in [2.05, 4.69) is 5.32 Å². The van der Waals surface area contributed by atoms with Crippen LogP contribution in [-0.2, 0) is 0 Å². The van der Waals surface area contributed by atoms with Crippen LogP contribution >= 0.6 is 0 Å². The Morgan fingerprint density at radius 2 is 1.67 bits per heavy atom. The van der Waals surface area contributed by atoms with Crippen LogP contribution in [0.2, 0.25) is 0 Å². The fourth-order valence-electron chi connectivity index (χ4n) is 2.14. The van der Waals surface area contributed by atoms with Crippen LogP contribution in [0.4, 0.5) is 8.78 Å². The first kappa shape index (κ1) is 15.4. The molecule has 0 aromatic heterocycles. The highest BCUT2D eigenvalue weighted by molar-refractivity contribution is 5.40. The molecule has 0 aliphatic rings. The van der Waals surface area contributed by atoms with Crippen LogP contribution < -0.4 is 10.1 Å². The molecule has 112 valence electrons. The van der Waals surface area contributed by atoms with Crippen LogP contribution in [0, 0.1) is 11.6 Å². The second-order valence-electron chi connectivity index (χ2n) is 4.86. The summed E-state index contributed by atoms with van der Waals surface area (Å²) in [4.78, 5) is 0. The molecule has 0 aliphatic heterocycles. The molecule has 2 nitrogen and oxygen atoms in total. The van der Waals surface area contributed by atoms with Crippen molar-refractivity contribution >= 4 is 0 Å². The predicted octanol–water partition coefficient (Wildman–Crippen LogP) is 4.82. The highest BCUT2D eigenvalue weighted by atomic mass is 19.1. The zero-order valence-electron chi connectivity index (χ0n) is 12.2. The monoisotopic (exact) mass is 291 g/mol. The molecule has 0 spiro atoms. The fraction of sp³-hybridized carbons (Fsp3) is 0.294. The molecule has 2 aromatic carbocycles. The molecule has 2 aromatic rings. The van der Waals surface area contributed by atoms with Crippen molar-refractivity contribution in [3.05, 3.63) is 59.7 Å². The Kier molecular flexibility index (Phi) is 5.28. The molecule has 1 N–H and O–H groups in total. The van der Waals surface area contributed by atoms with Gasteiger partial charge in [0.25, 0.3) is 0 Å². The maximum absolute atomic E-state index is 14.1. The first-order valence-electron chi connectivity index (χ1n) is 7.07. The number of benzene rings is 2. The molecule has 1 atom stereocenters. The molecular formula is C17H19F2NO. The van der Waals surface area contributed by atoms with E-state index in [1.165, 1.54) is 18.2 Å². The van der Waals surface area contributed by atoms with E-state index in [0.29, 0.717) is 11.3 Å². The molecule has 4 heteroatoms. The number of ether oxygens (including phenoxy) is 1. The number of halogens is 2. The topological polar surface area (TPSA) is 21.3 Å². The van der Waals surface area contributed by atoms with Crippen molar-refractivity contribution in [3.63, 3.8) is 0 Å². The van der Waals surface area contributed by atoms with Crippen molar-refractivity contribution in [2.24, 2.45) is 0 Å². The van der Waals surface area contributed by atoms with Gasteiger partial charge in [-0.25, -0.2) is 8.78 Å². The Labute approximate surface area is 123 Å². The van der Waals surface area contributed by atoms with Crippen LogP contribution in [0.25, 0.3) is 0 Å². The summed E-state index contributed by atoms with van der Waals surface area (Å²) >= 11 is 0. The molecule has 0 amide bonds. The standard InChI is InChI=1S/C17H19F2NO/c1-3-11-20-12(2)17-14(19)8-6-10-16(17)21-15-9-5-4-7-13(15)18/h4-10,12,20H,3,11H2,1-2H3. The summed E-state index contributed by atoms with van der Waals surface area (Å²) in [6.45, 7) is 4.68. The van der Waals surface area contributed by atoms with Crippen LogP contribution in [0.3, 0.4) is 0 Å². The van der Waals surface area contributed by atoms with Gasteiger partial charge in [0.15, 0.2) is 11.6 Å². The van der Waals surface area contributed by atoms with Crippen LogP contribution in [-0.4, -0.2) is 6.54 Å². The summed E-state index contributed by atoms with van der Waals surface area (Å²) in [5.74, 6) is -0.412. The molecule has 0 saturated carbocycles. The maximum Gasteiger partial charge on any atom is 0.165 e. The Morgan fingerprint density at radius 1 is 1.00 bits per heavy atom. The zero-order chi connectivity index (χ0) is 15.2. The minimum absolute atomic E-state index is 0.0899. The van der Waals surface area contributed by atoms with Gasteiger partial charge in [-0.15, -0.1) is 0 Å². The predicted molar refractivity (Wildman–Crippen MR) is 79.6 cm³/mol. The van der Waals surface area contributed by atoms with Gasteiger partial charge in [-0.3, -0.25) is 0 Å². The van der Waals surface area contributed by atoms with E-state index < -0.39 is 5.82 Å². The highest BCUT2D eigenvalue weighted by Crippen LogP contribution is 2.32. The maximum atomic E-state index is 14.1. The molecule has 1 unspecified atom stereocenters. The second kappa shape index (κ2) is 7.18.